The average Bonchev–Trinajstić information content (AvgIpc) is 3.16. The second-order valence-electron chi connectivity index (χ2n) is 7.14. The lowest BCUT2D eigenvalue weighted by molar-refractivity contribution is -0.119. The highest BCUT2D eigenvalue weighted by atomic mass is 35.5. The number of carbonyl (C=O) groups is 2. The Kier molecular flexibility index (Phi) is 5.41. The van der Waals surface area contributed by atoms with Gasteiger partial charge < -0.3 is 15.4 Å². The molecule has 2 N–H and O–H groups in total. The van der Waals surface area contributed by atoms with Crippen molar-refractivity contribution in [1.82, 2.24) is 10.6 Å². The van der Waals surface area contributed by atoms with E-state index in [9.17, 15) is 9.59 Å². The maximum absolute atomic E-state index is 12.8. The molecule has 0 aliphatic carbocycles. The standard InChI is InChI=1S/C23H21ClN2O3/c1-29-21-11-15(8-9-20(21)24)16-4-2-6-18-17(16)5-3-7-19(18)23(28)26-13-14-10-22(27)25-12-14/h2-9,11,14H,10,12-13H2,1H3,(H,25,27)(H,26,28). The van der Waals surface area contributed by atoms with Crippen LogP contribution in [0.15, 0.2) is 54.6 Å². The topological polar surface area (TPSA) is 67.4 Å². The predicted octanol–water partition coefficient (Wildman–Crippen LogP) is 4.03. The molecule has 0 bridgehead atoms. The second-order valence-corrected chi connectivity index (χ2v) is 7.55. The molecule has 1 fully saturated rings. The molecular weight excluding hydrogens is 388 g/mol. The lowest BCUT2D eigenvalue weighted by Gasteiger charge is -2.13. The van der Waals surface area contributed by atoms with E-state index in [0.717, 1.165) is 21.9 Å². The summed E-state index contributed by atoms with van der Waals surface area (Å²) < 4.78 is 5.34. The summed E-state index contributed by atoms with van der Waals surface area (Å²) in [5.41, 5.74) is 2.57. The molecule has 1 aliphatic heterocycles. The molecule has 1 atom stereocenters. The quantitative estimate of drug-likeness (QED) is 0.669. The smallest absolute Gasteiger partial charge is 0.251 e. The van der Waals surface area contributed by atoms with Gasteiger partial charge in [-0.2, -0.15) is 0 Å². The molecule has 0 spiro atoms. The van der Waals surface area contributed by atoms with Crippen LogP contribution >= 0.6 is 11.6 Å². The van der Waals surface area contributed by atoms with Gasteiger partial charge in [-0.25, -0.2) is 0 Å². The first-order valence-electron chi connectivity index (χ1n) is 9.47. The molecule has 1 heterocycles. The highest BCUT2D eigenvalue weighted by Gasteiger charge is 2.22. The van der Waals surface area contributed by atoms with E-state index in [1.54, 1.807) is 7.11 Å². The zero-order chi connectivity index (χ0) is 20.4. The summed E-state index contributed by atoms with van der Waals surface area (Å²) >= 11 is 6.16. The third kappa shape index (κ3) is 3.91. The minimum atomic E-state index is -0.138. The highest BCUT2D eigenvalue weighted by Crippen LogP contribution is 2.35. The van der Waals surface area contributed by atoms with Gasteiger partial charge in [0.05, 0.1) is 12.1 Å². The number of methoxy groups -OCH3 is 1. The molecule has 1 unspecified atom stereocenters. The number of hydrogen-bond donors (Lipinski definition) is 2. The Balaban J connectivity index is 1.66. The van der Waals surface area contributed by atoms with Crippen LogP contribution in [-0.2, 0) is 4.79 Å². The van der Waals surface area contributed by atoms with E-state index >= 15 is 0 Å². The Morgan fingerprint density at radius 3 is 2.72 bits per heavy atom. The van der Waals surface area contributed by atoms with Crippen LogP contribution in [0.2, 0.25) is 5.02 Å². The maximum atomic E-state index is 12.8. The van der Waals surface area contributed by atoms with Crippen LogP contribution in [0.5, 0.6) is 5.75 Å². The molecule has 3 aromatic carbocycles. The van der Waals surface area contributed by atoms with Gasteiger partial charge in [0.15, 0.2) is 0 Å². The van der Waals surface area contributed by atoms with E-state index in [1.165, 1.54) is 0 Å². The zero-order valence-corrected chi connectivity index (χ0v) is 16.8. The average molecular weight is 409 g/mol. The molecule has 148 valence electrons. The number of amides is 2. The fraction of sp³-hybridized carbons (Fsp3) is 0.217. The van der Waals surface area contributed by atoms with Crippen molar-refractivity contribution in [2.24, 2.45) is 5.92 Å². The van der Waals surface area contributed by atoms with Crippen molar-refractivity contribution in [2.75, 3.05) is 20.2 Å². The normalized spacial score (nSPS) is 15.9. The van der Waals surface area contributed by atoms with Gasteiger partial charge in [0.25, 0.3) is 5.91 Å². The van der Waals surface area contributed by atoms with E-state index in [2.05, 4.69) is 10.6 Å². The van der Waals surface area contributed by atoms with Gasteiger partial charge in [-0.3, -0.25) is 9.59 Å². The Morgan fingerprint density at radius 1 is 1.17 bits per heavy atom. The zero-order valence-electron chi connectivity index (χ0n) is 16.0. The number of carbonyl (C=O) groups excluding carboxylic acids is 2. The van der Waals surface area contributed by atoms with Crippen molar-refractivity contribution in [3.05, 3.63) is 65.2 Å². The molecule has 1 saturated heterocycles. The SMILES string of the molecule is COc1cc(-c2cccc3c(C(=O)NCC4CNC(=O)C4)cccc23)ccc1Cl. The van der Waals surface area contributed by atoms with E-state index in [4.69, 9.17) is 16.3 Å². The molecule has 0 radical (unpaired) electrons. The fourth-order valence-electron chi connectivity index (χ4n) is 3.73. The minimum Gasteiger partial charge on any atom is -0.495 e. The van der Waals surface area contributed by atoms with Crippen LogP contribution in [0.1, 0.15) is 16.8 Å². The second kappa shape index (κ2) is 8.13. The van der Waals surface area contributed by atoms with Crippen molar-refractivity contribution < 1.29 is 14.3 Å². The lowest BCUT2D eigenvalue weighted by Crippen LogP contribution is -2.30. The molecule has 29 heavy (non-hydrogen) atoms. The van der Waals surface area contributed by atoms with Crippen LogP contribution in [-0.4, -0.2) is 32.0 Å². The summed E-state index contributed by atoms with van der Waals surface area (Å²) in [6, 6.07) is 17.3. The third-order valence-corrected chi connectivity index (χ3v) is 5.55. The number of fused-ring (bicyclic) bond motifs is 1. The van der Waals surface area contributed by atoms with E-state index in [-0.39, 0.29) is 17.7 Å². The Labute approximate surface area is 174 Å². The summed E-state index contributed by atoms with van der Waals surface area (Å²) in [5, 5.41) is 8.16. The number of hydrogen-bond acceptors (Lipinski definition) is 3. The first kappa shape index (κ1) is 19.3. The van der Waals surface area contributed by atoms with Crippen LogP contribution < -0.4 is 15.4 Å². The number of halogens is 1. The van der Waals surface area contributed by atoms with E-state index in [1.807, 2.05) is 54.6 Å². The van der Waals surface area contributed by atoms with Crippen molar-refractivity contribution in [1.29, 1.82) is 0 Å². The van der Waals surface area contributed by atoms with Gasteiger partial charge in [0.1, 0.15) is 5.75 Å². The van der Waals surface area contributed by atoms with Gasteiger partial charge in [-0.05, 0) is 40.1 Å². The highest BCUT2D eigenvalue weighted by molar-refractivity contribution is 6.32. The summed E-state index contributed by atoms with van der Waals surface area (Å²) in [7, 11) is 1.59. The Bertz CT molecular complexity index is 1100. The van der Waals surface area contributed by atoms with Gasteiger partial charge in [0, 0.05) is 31.0 Å². The molecule has 0 saturated carbocycles. The number of ether oxygens (including phenoxy) is 1. The van der Waals surface area contributed by atoms with Crippen molar-refractivity contribution >= 4 is 34.2 Å². The van der Waals surface area contributed by atoms with Crippen molar-refractivity contribution in [2.45, 2.75) is 6.42 Å². The number of rotatable bonds is 5. The van der Waals surface area contributed by atoms with Crippen LogP contribution in [0.25, 0.3) is 21.9 Å². The maximum Gasteiger partial charge on any atom is 0.251 e. The van der Waals surface area contributed by atoms with Gasteiger partial charge >= 0.3 is 0 Å². The Morgan fingerprint density at radius 2 is 1.97 bits per heavy atom. The summed E-state index contributed by atoms with van der Waals surface area (Å²) in [5.74, 6) is 0.645. The van der Waals surface area contributed by atoms with Crippen molar-refractivity contribution in [3.8, 4) is 16.9 Å². The first-order chi connectivity index (χ1) is 14.1. The third-order valence-electron chi connectivity index (χ3n) is 5.24. The molecule has 6 heteroatoms. The molecule has 1 aliphatic rings. The molecule has 0 aromatic heterocycles. The van der Waals surface area contributed by atoms with Gasteiger partial charge in [-0.1, -0.05) is 48.0 Å². The molecule has 4 rings (SSSR count). The summed E-state index contributed by atoms with van der Waals surface area (Å²) in [6.45, 7) is 1.08. The van der Waals surface area contributed by atoms with Crippen LogP contribution in [0.3, 0.4) is 0 Å². The van der Waals surface area contributed by atoms with E-state index in [0.29, 0.717) is 35.8 Å². The number of benzene rings is 3. The van der Waals surface area contributed by atoms with Crippen molar-refractivity contribution in [3.63, 3.8) is 0 Å². The van der Waals surface area contributed by atoms with Gasteiger partial charge in [-0.15, -0.1) is 0 Å². The Hall–Kier alpha value is -3.05. The minimum absolute atomic E-state index is 0.0393. The molecule has 5 nitrogen and oxygen atoms in total. The summed E-state index contributed by atoms with van der Waals surface area (Å²) in [6.07, 6.45) is 0.457. The fourth-order valence-corrected chi connectivity index (χ4v) is 3.92. The summed E-state index contributed by atoms with van der Waals surface area (Å²) in [4.78, 5) is 24.2. The monoisotopic (exact) mass is 408 g/mol. The van der Waals surface area contributed by atoms with Gasteiger partial charge in [0.2, 0.25) is 5.91 Å². The lowest BCUT2D eigenvalue weighted by atomic mass is 9.95. The van der Waals surface area contributed by atoms with E-state index < -0.39 is 0 Å². The van der Waals surface area contributed by atoms with Crippen LogP contribution in [0, 0.1) is 5.92 Å². The first-order valence-corrected chi connectivity index (χ1v) is 9.85. The molecule has 3 aromatic rings. The number of nitrogens with one attached hydrogen (secondary N) is 2. The largest absolute Gasteiger partial charge is 0.495 e. The molecule has 2 amide bonds. The molecular formula is C23H21ClN2O3. The predicted molar refractivity (Wildman–Crippen MR) is 114 cm³/mol. The van der Waals surface area contributed by atoms with Crippen LogP contribution in [0.4, 0.5) is 0 Å².